The fourth-order valence-corrected chi connectivity index (χ4v) is 6.58. The summed E-state index contributed by atoms with van der Waals surface area (Å²) in [6, 6.07) is 22.6. The summed E-state index contributed by atoms with van der Waals surface area (Å²) in [4.78, 5) is 41.9. The molecular formula is C32H37N3O5S. The molecule has 216 valence electrons. The van der Waals surface area contributed by atoms with Gasteiger partial charge in [-0.1, -0.05) is 79.2 Å². The molecule has 1 aliphatic heterocycles. The monoisotopic (exact) mass is 575 g/mol. The van der Waals surface area contributed by atoms with Crippen molar-refractivity contribution in [1.82, 2.24) is 14.5 Å². The molecule has 41 heavy (non-hydrogen) atoms. The van der Waals surface area contributed by atoms with Crippen molar-refractivity contribution < 1.29 is 22.8 Å². The van der Waals surface area contributed by atoms with Gasteiger partial charge in [0.2, 0.25) is 11.8 Å². The van der Waals surface area contributed by atoms with E-state index in [4.69, 9.17) is 0 Å². The van der Waals surface area contributed by atoms with Crippen molar-refractivity contribution in [3.8, 4) is 0 Å². The number of amides is 3. The van der Waals surface area contributed by atoms with Crippen molar-refractivity contribution in [3.05, 3.63) is 101 Å². The Bertz CT molecular complexity index is 1510. The Morgan fingerprint density at radius 2 is 1.63 bits per heavy atom. The molecule has 1 heterocycles. The lowest BCUT2D eigenvalue weighted by Gasteiger charge is -2.32. The van der Waals surface area contributed by atoms with Crippen LogP contribution in [0.15, 0.2) is 83.8 Å². The zero-order valence-corrected chi connectivity index (χ0v) is 24.6. The summed E-state index contributed by atoms with van der Waals surface area (Å²) < 4.78 is 26.8. The quantitative estimate of drug-likeness (QED) is 0.343. The van der Waals surface area contributed by atoms with Crippen LogP contribution in [0.4, 0.5) is 0 Å². The largest absolute Gasteiger partial charge is 0.352 e. The third-order valence-electron chi connectivity index (χ3n) is 7.37. The number of aryl methyl sites for hydroxylation is 1. The van der Waals surface area contributed by atoms with E-state index in [2.05, 4.69) is 5.32 Å². The maximum Gasteiger partial charge on any atom is 0.269 e. The standard InChI is InChI=1S/C32H37N3O5S/c1-4-24(3)33-31(37)28(21-25-13-6-5-7-14-25)34(22-26-15-10-12-23(2)20-26)30(36)18-11-19-35-32(38)27-16-8-9-17-29(27)41(35,39)40/h5-10,12-17,20,24,28H,4,11,18-19,21-22H2,1-3H3,(H,33,37)/t24-,28-/m1/s1. The minimum Gasteiger partial charge on any atom is -0.352 e. The molecule has 0 bridgehead atoms. The molecule has 4 rings (SSSR count). The van der Waals surface area contributed by atoms with Crippen LogP contribution < -0.4 is 5.32 Å². The molecule has 0 unspecified atom stereocenters. The highest BCUT2D eigenvalue weighted by molar-refractivity contribution is 7.90. The average Bonchev–Trinajstić information content (AvgIpc) is 3.15. The summed E-state index contributed by atoms with van der Waals surface area (Å²) in [5.41, 5.74) is 2.99. The number of rotatable bonds is 12. The molecule has 0 fully saturated rings. The molecule has 3 aromatic carbocycles. The molecule has 0 saturated carbocycles. The van der Waals surface area contributed by atoms with Gasteiger partial charge in [0.05, 0.1) is 5.56 Å². The van der Waals surface area contributed by atoms with Crippen LogP contribution in [-0.4, -0.2) is 54.0 Å². The second-order valence-corrected chi connectivity index (χ2v) is 12.3. The van der Waals surface area contributed by atoms with Gasteiger partial charge in [-0.15, -0.1) is 0 Å². The van der Waals surface area contributed by atoms with Crippen molar-refractivity contribution in [1.29, 1.82) is 0 Å². The van der Waals surface area contributed by atoms with Crippen LogP contribution in [0.2, 0.25) is 0 Å². The first-order valence-corrected chi connectivity index (χ1v) is 15.4. The first-order chi connectivity index (χ1) is 19.6. The molecule has 0 saturated heterocycles. The zero-order chi connectivity index (χ0) is 29.6. The Morgan fingerprint density at radius 3 is 2.32 bits per heavy atom. The van der Waals surface area contributed by atoms with Crippen molar-refractivity contribution in [2.45, 2.75) is 70.0 Å². The van der Waals surface area contributed by atoms with Gasteiger partial charge in [0, 0.05) is 32.0 Å². The Labute approximate surface area is 242 Å². The molecule has 0 radical (unpaired) electrons. The second kappa shape index (κ2) is 13.1. The summed E-state index contributed by atoms with van der Waals surface area (Å²) >= 11 is 0. The molecule has 8 nitrogen and oxygen atoms in total. The lowest BCUT2D eigenvalue weighted by Crippen LogP contribution is -2.52. The lowest BCUT2D eigenvalue weighted by atomic mass is 10.0. The number of carbonyl (C=O) groups excluding carboxylic acids is 3. The molecule has 0 aliphatic carbocycles. The van der Waals surface area contributed by atoms with E-state index in [0.717, 1.165) is 27.4 Å². The number of nitrogens with one attached hydrogen (secondary N) is 1. The van der Waals surface area contributed by atoms with Crippen LogP contribution in [0, 0.1) is 6.92 Å². The Balaban J connectivity index is 1.57. The van der Waals surface area contributed by atoms with Gasteiger partial charge >= 0.3 is 0 Å². The van der Waals surface area contributed by atoms with E-state index in [-0.39, 0.29) is 54.2 Å². The lowest BCUT2D eigenvalue weighted by molar-refractivity contribution is -0.141. The van der Waals surface area contributed by atoms with Crippen molar-refractivity contribution in [3.63, 3.8) is 0 Å². The minimum absolute atomic E-state index is 0.0120. The highest BCUT2D eigenvalue weighted by Gasteiger charge is 2.40. The van der Waals surface area contributed by atoms with E-state index in [9.17, 15) is 22.8 Å². The van der Waals surface area contributed by atoms with E-state index >= 15 is 0 Å². The number of benzene rings is 3. The van der Waals surface area contributed by atoms with E-state index < -0.39 is 22.0 Å². The van der Waals surface area contributed by atoms with Crippen molar-refractivity contribution >= 4 is 27.7 Å². The summed E-state index contributed by atoms with van der Waals surface area (Å²) in [6.07, 6.45) is 1.18. The molecule has 3 amide bonds. The van der Waals surface area contributed by atoms with Gasteiger partial charge in [-0.2, -0.15) is 0 Å². The molecule has 0 spiro atoms. The highest BCUT2D eigenvalue weighted by atomic mass is 32.2. The molecule has 0 aromatic heterocycles. The predicted octanol–water partition coefficient (Wildman–Crippen LogP) is 4.47. The van der Waals surface area contributed by atoms with Crippen LogP contribution in [0.3, 0.4) is 0 Å². The zero-order valence-electron chi connectivity index (χ0n) is 23.7. The van der Waals surface area contributed by atoms with Crippen LogP contribution in [0.1, 0.15) is 60.2 Å². The average molecular weight is 576 g/mol. The van der Waals surface area contributed by atoms with Crippen LogP contribution in [0.25, 0.3) is 0 Å². The predicted molar refractivity (Wildman–Crippen MR) is 157 cm³/mol. The number of hydrogen-bond acceptors (Lipinski definition) is 5. The summed E-state index contributed by atoms with van der Waals surface area (Å²) in [5, 5.41) is 3.04. The molecular weight excluding hydrogens is 538 g/mol. The maximum absolute atomic E-state index is 13.9. The third-order valence-corrected chi connectivity index (χ3v) is 9.21. The van der Waals surface area contributed by atoms with Crippen LogP contribution >= 0.6 is 0 Å². The Morgan fingerprint density at radius 1 is 0.951 bits per heavy atom. The van der Waals surface area contributed by atoms with E-state index in [1.54, 1.807) is 17.0 Å². The number of nitrogens with zero attached hydrogens (tertiary/aromatic N) is 2. The maximum atomic E-state index is 13.9. The number of carbonyl (C=O) groups is 3. The number of sulfonamides is 1. The highest BCUT2D eigenvalue weighted by Crippen LogP contribution is 2.30. The normalized spacial score (nSPS) is 15.2. The van der Waals surface area contributed by atoms with Gasteiger partial charge in [0.25, 0.3) is 15.9 Å². The SMILES string of the molecule is CC[C@@H](C)NC(=O)[C@@H](Cc1ccccc1)N(Cc1cccc(C)c1)C(=O)CCCN1C(=O)c2ccccc2S1(=O)=O. The molecule has 3 aromatic rings. The summed E-state index contributed by atoms with van der Waals surface area (Å²) in [6.45, 7) is 5.98. The second-order valence-electron chi connectivity index (χ2n) is 10.5. The summed E-state index contributed by atoms with van der Waals surface area (Å²) in [5.74, 6) is -1.11. The van der Waals surface area contributed by atoms with E-state index in [0.29, 0.717) is 6.42 Å². The molecule has 1 N–H and O–H groups in total. The Kier molecular flexibility index (Phi) is 9.60. The van der Waals surface area contributed by atoms with Gasteiger partial charge in [0.15, 0.2) is 0 Å². The molecule has 9 heteroatoms. The fraction of sp³-hybridized carbons (Fsp3) is 0.344. The number of hydrogen-bond donors (Lipinski definition) is 1. The third kappa shape index (κ3) is 7.03. The molecule has 1 aliphatic rings. The first-order valence-electron chi connectivity index (χ1n) is 14.0. The van der Waals surface area contributed by atoms with Crippen LogP contribution in [-0.2, 0) is 32.6 Å². The van der Waals surface area contributed by atoms with E-state index in [1.807, 2.05) is 75.4 Å². The molecule has 2 atom stereocenters. The van der Waals surface area contributed by atoms with Crippen LogP contribution in [0.5, 0.6) is 0 Å². The number of fused-ring (bicyclic) bond motifs is 1. The van der Waals surface area contributed by atoms with Gasteiger partial charge in [-0.25, -0.2) is 12.7 Å². The summed E-state index contributed by atoms with van der Waals surface area (Å²) in [7, 11) is -3.96. The van der Waals surface area contributed by atoms with Gasteiger partial charge in [-0.3, -0.25) is 14.4 Å². The van der Waals surface area contributed by atoms with Crippen molar-refractivity contribution in [2.24, 2.45) is 0 Å². The van der Waals surface area contributed by atoms with Crippen molar-refractivity contribution in [2.75, 3.05) is 6.54 Å². The van der Waals surface area contributed by atoms with Gasteiger partial charge in [-0.05, 0) is 49.9 Å². The fourth-order valence-electron chi connectivity index (χ4n) is 4.97. The minimum atomic E-state index is -3.96. The van der Waals surface area contributed by atoms with E-state index in [1.165, 1.54) is 12.1 Å². The topological polar surface area (TPSA) is 104 Å². The smallest absolute Gasteiger partial charge is 0.269 e. The first kappa shape index (κ1) is 30.0. The van der Waals surface area contributed by atoms with Gasteiger partial charge < -0.3 is 10.2 Å². The van der Waals surface area contributed by atoms with Gasteiger partial charge in [0.1, 0.15) is 10.9 Å². The Hall–Kier alpha value is -3.98.